The van der Waals surface area contributed by atoms with E-state index in [0.717, 1.165) is 8.95 Å². The SMILES string of the molecule is O=C1C(=O)N(c2ccc(Br)cc2)[C@@H](c2ccccc2F)C1=C(O)c1ccc(Br)cc1. The Kier molecular flexibility index (Phi) is 5.58. The summed E-state index contributed by atoms with van der Waals surface area (Å²) in [5.74, 6) is -2.63. The summed E-state index contributed by atoms with van der Waals surface area (Å²) in [4.78, 5) is 27.2. The van der Waals surface area contributed by atoms with Gasteiger partial charge >= 0.3 is 0 Å². The summed E-state index contributed by atoms with van der Waals surface area (Å²) < 4.78 is 16.4. The summed E-state index contributed by atoms with van der Waals surface area (Å²) in [5.41, 5.74) is 0.741. The maximum atomic E-state index is 14.8. The highest BCUT2D eigenvalue weighted by atomic mass is 79.9. The molecule has 4 rings (SSSR count). The van der Waals surface area contributed by atoms with E-state index < -0.39 is 23.5 Å². The van der Waals surface area contributed by atoms with Gasteiger partial charge in [0.1, 0.15) is 11.6 Å². The van der Waals surface area contributed by atoms with Crippen LogP contribution in [0.2, 0.25) is 0 Å². The van der Waals surface area contributed by atoms with E-state index in [2.05, 4.69) is 31.9 Å². The number of ketones is 1. The van der Waals surface area contributed by atoms with E-state index in [4.69, 9.17) is 0 Å². The standard InChI is InChI=1S/C23H14Br2FNO3/c24-14-7-5-13(6-8-14)21(28)19-20(17-3-1-2-4-18(17)26)27(23(30)22(19)29)16-11-9-15(25)10-12-16/h1-12,20,28H/t20-/m0/s1. The molecule has 1 fully saturated rings. The third-order valence-electron chi connectivity index (χ3n) is 4.87. The highest BCUT2D eigenvalue weighted by molar-refractivity contribution is 9.10. The zero-order chi connectivity index (χ0) is 21.4. The van der Waals surface area contributed by atoms with Crippen molar-refractivity contribution in [2.24, 2.45) is 0 Å². The molecule has 3 aromatic carbocycles. The number of halogens is 3. The van der Waals surface area contributed by atoms with Gasteiger partial charge < -0.3 is 5.11 Å². The molecular formula is C23H14Br2FNO3. The fraction of sp³-hybridized carbons (Fsp3) is 0.0435. The molecule has 1 atom stereocenters. The van der Waals surface area contributed by atoms with Gasteiger partial charge in [-0.25, -0.2) is 4.39 Å². The minimum absolute atomic E-state index is 0.123. The van der Waals surface area contributed by atoms with E-state index in [9.17, 15) is 19.1 Å². The Balaban J connectivity index is 1.96. The Bertz CT molecular complexity index is 1170. The number of carbonyl (C=O) groups is 2. The Hall–Kier alpha value is -2.77. The average molecular weight is 531 g/mol. The predicted molar refractivity (Wildman–Crippen MR) is 119 cm³/mol. The van der Waals surface area contributed by atoms with E-state index in [1.807, 2.05) is 0 Å². The van der Waals surface area contributed by atoms with Crippen molar-refractivity contribution in [2.45, 2.75) is 6.04 Å². The lowest BCUT2D eigenvalue weighted by Crippen LogP contribution is -2.29. The molecule has 1 aliphatic heterocycles. The van der Waals surface area contributed by atoms with Crippen LogP contribution in [0.3, 0.4) is 0 Å². The molecule has 0 unspecified atom stereocenters. The van der Waals surface area contributed by atoms with E-state index in [-0.39, 0.29) is 16.9 Å². The van der Waals surface area contributed by atoms with Gasteiger partial charge in [-0.15, -0.1) is 0 Å². The molecule has 30 heavy (non-hydrogen) atoms. The molecule has 1 heterocycles. The van der Waals surface area contributed by atoms with Crippen LogP contribution in [0.15, 0.2) is 87.3 Å². The summed E-state index contributed by atoms with van der Waals surface area (Å²) in [6.07, 6.45) is 0. The van der Waals surface area contributed by atoms with Crippen molar-refractivity contribution in [3.8, 4) is 0 Å². The number of nitrogens with zero attached hydrogens (tertiary/aromatic N) is 1. The summed E-state index contributed by atoms with van der Waals surface area (Å²) in [6, 6.07) is 18.2. The lowest BCUT2D eigenvalue weighted by atomic mass is 9.94. The van der Waals surface area contributed by atoms with Gasteiger partial charge in [-0.3, -0.25) is 14.5 Å². The van der Waals surface area contributed by atoms with Crippen LogP contribution >= 0.6 is 31.9 Å². The number of anilines is 1. The second kappa shape index (κ2) is 8.16. The molecule has 0 bridgehead atoms. The quantitative estimate of drug-likeness (QED) is 0.257. The van der Waals surface area contributed by atoms with Gasteiger partial charge in [0.15, 0.2) is 0 Å². The number of amides is 1. The predicted octanol–water partition coefficient (Wildman–Crippen LogP) is 5.98. The molecule has 1 aliphatic rings. The van der Waals surface area contributed by atoms with Gasteiger partial charge in [-0.05, 0) is 42.5 Å². The number of hydrogen-bond donors (Lipinski definition) is 1. The summed E-state index contributed by atoms with van der Waals surface area (Å²) in [5, 5.41) is 11.0. The number of Topliss-reactive ketones (excluding diaryl/α,β-unsaturated/α-hetero) is 1. The average Bonchev–Trinajstić information content (AvgIpc) is 3.00. The molecular weight excluding hydrogens is 517 g/mol. The van der Waals surface area contributed by atoms with Gasteiger partial charge in [0, 0.05) is 25.8 Å². The van der Waals surface area contributed by atoms with E-state index in [1.54, 1.807) is 54.6 Å². The Labute approximate surface area is 188 Å². The molecule has 0 saturated carbocycles. The van der Waals surface area contributed by atoms with Crippen LogP contribution in [0.4, 0.5) is 10.1 Å². The summed E-state index contributed by atoms with van der Waals surface area (Å²) in [6.45, 7) is 0. The number of rotatable bonds is 3. The molecule has 1 saturated heterocycles. The molecule has 0 aliphatic carbocycles. The second-order valence-corrected chi connectivity index (χ2v) is 8.51. The van der Waals surface area contributed by atoms with Crippen LogP contribution in [-0.2, 0) is 9.59 Å². The molecule has 150 valence electrons. The monoisotopic (exact) mass is 529 g/mol. The first-order chi connectivity index (χ1) is 14.4. The van der Waals surface area contributed by atoms with Crippen LogP contribution in [0.1, 0.15) is 17.2 Å². The van der Waals surface area contributed by atoms with Crippen molar-refractivity contribution < 1.29 is 19.1 Å². The normalized spacial score (nSPS) is 18.1. The number of aliphatic hydroxyl groups is 1. The highest BCUT2D eigenvalue weighted by Crippen LogP contribution is 2.43. The number of aliphatic hydroxyl groups excluding tert-OH is 1. The van der Waals surface area contributed by atoms with Crippen molar-refractivity contribution in [3.05, 3.63) is 104 Å². The zero-order valence-corrected chi connectivity index (χ0v) is 18.5. The molecule has 0 radical (unpaired) electrons. The third-order valence-corrected chi connectivity index (χ3v) is 5.92. The van der Waals surface area contributed by atoms with Crippen molar-refractivity contribution >= 4 is 55.0 Å². The van der Waals surface area contributed by atoms with Crippen LogP contribution in [-0.4, -0.2) is 16.8 Å². The fourth-order valence-electron chi connectivity index (χ4n) is 3.45. The first-order valence-corrected chi connectivity index (χ1v) is 10.5. The molecule has 0 aromatic heterocycles. The highest BCUT2D eigenvalue weighted by Gasteiger charge is 2.47. The lowest BCUT2D eigenvalue weighted by Gasteiger charge is -2.25. The number of carbonyl (C=O) groups excluding carboxylic acids is 2. The molecule has 4 nitrogen and oxygen atoms in total. The van der Waals surface area contributed by atoms with E-state index >= 15 is 0 Å². The molecule has 7 heteroatoms. The number of hydrogen-bond acceptors (Lipinski definition) is 3. The van der Waals surface area contributed by atoms with Crippen LogP contribution in [0.5, 0.6) is 0 Å². The Morgan fingerprint density at radius 2 is 1.43 bits per heavy atom. The lowest BCUT2D eigenvalue weighted by molar-refractivity contribution is -0.132. The van der Waals surface area contributed by atoms with Gasteiger partial charge in [0.05, 0.1) is 11.6 Å². The molecule has 1 N–H and O–H groups in total. The maximum absolute atomic E-state index is 14.8. The molecule has 3 aromatic rings. The van der Waals surface area contributed by atoms with E-state index in [1.165, 1.54) is 23.1 Å². The summed E-state index contributed by atoms with van der Waals surface area (Å²) >= 11 is 6.66. The topological polar surface area (TPSA) is 57.6 Å². The third kappa shape index (κ3) is 3.59. The smallest absolute Gasteiger partial charge is 0.300 e. The van der Waals surface area contributed by atoms with Gasteiger partial charge in [-0.1, -0.05) is 62.2 Å². The maximum Gasteiger partial charge on any atom is 0.300 e. The summed E-state index contributed by atoms with van der Waals surface area (Å²) in [7, 11) is 0. The Morgan fingerprint density at radius 3 is 2.03 bits per heavy atom. The van der Waals surface area contributed by atoms with Gasteiger partial charge in [-0.2, -0.15) is 0 Å². The van der Waals surface area contributed by atoms with E-state index in [0.29, 0.717) is 11.3 Å². The number of benzene rings is 3. The van der Waals surface area contributed by atoms with Crippen molar-refractivity contribution in [2.75, 3.05) is 4.90 Å². The molecule has 0 spiro atoms. The minimum atomic E-state index is -1.10. The largest absolute Gasteiger partial charge is 0.507 e. The first-order valence-electron chi connectivity index (χ1n) is 8.95. The van der Waals surface area contributed by atoms with Crippen LogP contribution in [0, 0.1) is 5.82 Å². The fourth-order valence-corrected chi connectivity index (χ4v) is 3.98. The minimum Gasteiger partial charge on any atom is -0.507 e. The van der Waals surface area contributed by atoms with Crippen LogP contribution < -0.4 is 4.90 Å². The first kappa shape index (κ1) is 20.5. The Morgan fingerprint density at radius 1 is 0.867 bits per heavy atom. The van der Waals surface area contributed by atoms with Gasteiger partial charge in [0.2, 0.25) is 0 Å². The second-order valence-electron chi connectivity index (χ2n) is 6.67. The van der Waals surface area contributed by atoms with Crippen molar-refractivity contribution in [1.29, 1.82) is 0 Å². The van der Waals surface area contributed by atoms with Crippen molar-refractivity contribution in [3.63, 3.8) is 0 Å². The van der Waals surface area contributed by atoms with Gasteiger partial charge in [0.25, 0.3) is 11.7 Å². The molecule has 1 amide bonds. The zero-order valence-electron chi connectivity index (χ0n) is 15.4. The van der Waals surface area contributed by atoms with Crippen LogP contribution in [0.25, 0.3) is 5.76 Å². The van der Waals surface area contributed by atoms with Crippen molar-refractivity contribution in [1.82, 2.24) is 0 Å².